The van der Waals surface area contributed by atoms with E-state index in [9.17, 15) is 9.59 Å². The second-order valence-corrected chi connectivity index (χ2v) is 5.28. The van der Waals surface area contributed by atoms with Crippen molar-refractivity contribution in [2.45, 2.75) is 26.7 Å². The zero-order valence-electron chi connectivity index (χ0n) is 10.2. The Bertz CT molecular complexity index is 481. The van der Waals surface area contributed by atoms with Crippen molar-refractivity contribution in [1.82, 2.24) is 0 Å². The van der Waals surface area contributed by atoms with E-state index in [1.807, 2.05) is 32.0 Å². The van der Waals surface area contributed by atoms with E-state index >= 15 is 0 Å². The standard InChI is InChI=1S/C15H16O2/c1-15(2)9-8-12(13(16)10-15)14(17)11-6-4-3-5-7-11/h3-8H,9-10H2,1-2H3. The number of rotatable bonds is 2. The molecule has 2 heteroatoms. The smallest absolute Gasteiger partial charge is 0.196 e. The lowest BCUT2D eigenvalue weighted by Gasteiger charge is -2.26. The molecule has 0 amide bonds. The lowest BCUT2D eigenvalue weighted by molar-refractivity contribution is -0.117. The maximum Gasteiger partial charge on any atom is 0.196 e. The number of allylic oxidation sites excluding steroid dienone is 2. The van der Waals surface area contributed by atoms with Gasteiger partial charge in [0.05, 0.1) is 5.57 Å². The predicted octanol–water partition coefficient (Wildman–Crippen LogP) is 3.18. The molecule has 0 aliphatic heterocycles. The predicted molar refractivity (Wildman–Crippen MR) is 66.9 cm³/mol. The fraction of sp³-hybridized carbons (Fsp3) is 0.333. The van der Waals surface area contributed by atoms with Crippen LogP contribution in [0.4, 0.5) is 0 Å². The maximum absolute atomic E-state index is 12.1. The summed E-state index contributed by atoms with van der Waals surface area (Å²) in [5.74, 6) is -0.179. The summed E-state index contributed by atoms with van der Waals surface area (Å²) in [6.07, 6.45) is 3.03. The fourth-order valence-corrected chi connectivity index (χ4v) is 2.06. The Hall–Kier alpha value is -1.70. The summed E-state index contributed by atoms with van der Waals surface area (Å²) in [4.78, 5) is 24.1. The second kappa shape index (κ2) is 4.28. The molecule has 0 fully saturated rings. The van der Waals surface area contributed by atoms with Gasteiger partial charge in [-0.25, -0.2) is 0 Å². The monoisotopic (exact) mass is 228 g/mol. The van der Waals surface area contributed by atoms with Gasteiger partial charge in [0.1, 0.15) is 0 Å². The molecule has 0 heterocycles. The van der Waals surface area contributed by atoms with Crippen molar-refractivity contribution in [3.05, 3.63) is 47.5 Å². The molecule has 0 radical (unpaired) electrons. The number of carbonyl (C=O) groups is 2. The average molecular weight is 228 g/mol. The number of benzene rings is 1. The minimum atomic E-state index is -0.147. The first-order valence-corrected chi connectivity index (χ1v) is 5.83. The average Bonchev–Trinajstić information content (AvgIpc) is 2.28. The molecule has 88 valence electrons. The van der Waals surface area contributed by atoms with Gasteiger partial charge in [0.2, 0.25) is 0 Å². The van der Waals surface area contributed by atoms with Crippen molar-refractivity contribution in [2.75, 3.05) is 0 Å². The molecule has 0 spiro atoms. The van der Waals surface area contributed by atoms with Gasteiger partial charge in [0.25, 0.3) is 0 Å². The Morgan fingerprint density at radius 1 is 1.18 bits per heavy atom. The van der Waals surface area contributed by atoms with Crippen LogP contribution >= 0.6 is 0 Å². The van der Waals surface area contributed by atoms with Crippen molar-refractivity contribution in [2.24, 2.45) is 5.41 Å². The molecular weight excluding hydrogens is 212 g/mol. The third-order valence-electron chi connectivity index (χ3n) is 3.08. The summed E-state index contributed by atoms with van der Waals surface area (Å²) >= 11 is 0. The quantitative estimate of drug-likeness (QED) is 0.575. The normalized spacial score (nSPS) is 18.7. The molecule has 0 aromatic heterocycles. The van der Waals surface area contributed by atoms with Crippen LogP contribution < -0.4 is 0 Å². The molecule has 17 heavy (non-hydrogen) atoms. The molecule has 0 saturated heterocycles. The molecule has 1 aliphatic rings. The highest BCUT2D eigenvalue weighted by Gasteiger charge is 2.31. The van der Waals surface area contributed by atoms with Gasteiger partial charge in [-0.15, -0.1) is 0 Å². The highest BCUT2D eigenvalue weighted by molar-refractivity contribution is 6.26. The molecular formula is C15H16O2. The van der Waals surface area contributed by atoms with Crippen LogP contribution in [0.1, 0.15) is 37.0 Å². The number of hydrogen-bond donors (Lipinski definition) is 0. The minimum absolute atomic E-state index is 0.0163. The van der Waals surface area contributed by atoms with Crippen LogP contribution in [0.25, 0.3) is 0 Å². The SMILES string of the molecule is CC1(C)CC=C(C(=O)c2ccccc2)C(=O)C1. The maximum atomic E-state index is 12.1. The zero-order chi connectivity index (χ0) is 12.5. The number of ketones is 2. The topological polar surface area (TPSA) is 34.1 Å². The van der Waals surface area contributed by atoms with E-state index in [-0.39, 0.29) is 17.0 Å². The molecule has 1 aromatic carbocycles. The van der Waals surface area contributed by atoms with Gasteiger partial charge in [-0.3, -0.25) is 9.59 Å². The largest absolute Gasteiger partial charge is 0.294 e. The zero-order valence-corrected chi connectivity index (χ0v) is 10.2. The molecule has 0 bridgehead atoms. The summed E-state index contributed by atoms with van der Waals surface area (Å²) in [6, 6.07) is 8.97. The van der Waals surface area contributed by atoms with Crippen LogP contribution in [-0.4, -0.2) is 11.6 Å². The Labute approximate surface area is 101 Å². The summed E-state index contributed by atoms with van der Waals surface area (Å²) in [5.41, 5.74) is 0.930. The van der Waals surface area contributed by atoms with Crippen molar-refractivity contribution in [1.29, 1.82) is 0 Å². The fourth-order valence-electron chi connectivity index (χ4n) is 2.06. The van der Waals surface area contributed by atoms with Gasteiger partial charge >= 0.3 is 0 Å². The van der Waals surface area contributed by atoms with Crippen LogP contribution in [-0.2, 0) is 4.79 Å². The number of Topliss-reactive ketones (excluding diaryl/α,β-unsaturated/α-hetero) is 2. The Balaban J connectivity index is 2.28. The highest BCUT2D eigenvalue weighted by Crippen LogP contribution is 2.33. The third kappa shape index (κ3) is 2.52. The summed E-state index contributed by atoms with van der Waals surface area (Å²) in [6.45, 7) is 4.09. The van der Waals surface area contributed by atoms with Gasteiger partial charge in [0.15, 0.2) is 11.6 Å². The molecule has 0 saturated carbocycles. The summed E-state index contributed by atoms with van der Waals surface area (Å²) in [7, 11) is 0. The van der Waals surface area contributed by atoms with E-state index in [4.69, 9.17) is 0 Å². The van der Waals surface area contributed by atoms with E-state index in [2.05, 4.69) is 0 Å². The van der Waals surface area contributed by atoms with Crippen LogP contribution in [0.2, 0.25) is 0 Å². The first-order chi connectivity index (χ1) is 7.99. The molecule has 0 unspecified atom stereocenters. The van der Waals surface area contributed by atoms with E-state index in [1.54, 1.807) is 18.2 Å². The number of hydrogen-bond acceptors (Lipinski definition) is 2. The Kier molecular flexibility index (Phi) is 2.97. The summed E-state index contributed by atoms with van der Waals surface area (Å²) < 4.78 is 0. The third-order valence-corrected chi connectivity index (χ3v) is 3.08. The van der Waals surface area contributed by atoms with Crippen LogP contribution in [0.5, 0.6) is 0 Å². The molecule has 2 rings (SSSR count). The number of carbonyl (C=O) groups excluding carboxylic acids is 2. The van der Waals surface area contributed by atoms with Crippen LogP contribution in [0.3, 0.4) is 0 Å². The molecule has 0 N–H and O–H groups in total. The van der Waals surface area contributed by atoms with Gasteiger partial charge in [0, 0.05) is 12.0 Å². The molecule has 2 nitrogen and oxygen atoms in total. The van der Waals surface area contributed by atoms with Crippen molar-refractivity contribution in [3.8, 4) is 0 Å². The Morgan fingerprint density at radius 2 is 1.82 bits per heavy atom. The van der Waals surface area contributed by atoms with E-state index in [1.165, 1.54) is 0 Å². The highest BCUT2D eigenvalue weighted by atomic mass is 16.1. The Morgan fingerprint density at radius 3 is 2.41 bits per heavy atom. The lowest BCUT2D eigenvalue weighted by atomic mass is 9.76. The van der Waals surface area contributed by atoms with E-state index < -0.39 is 0 Å². The minimum Gasteiger partial charge on any atom is -0.294 e. The molecule has 1 aliphatic carbocycles. The van der Waals surface area contributed by atoms with Crippen molar-refractivity contribution in [3.63, 3.8) is 0 Å². The first kappa shape index (κ1) is 11.8. The van der Waals surface area contributed by atoms with Crippen molar-refractivity contribution >= 4 is 11.6 Å². The van der Waals surface area contributed by atoms with E-state index in [0.717, 1.165) is 6.42 Å². The van der Waals surface area contributed by atoms with Gasteiger partial charge < -0.3 is 0 Å². The molecule has 1 aromatic rings. The second-order valence-electron chi connectivity index (χ2n) is 5.28. The van der Waals surface area contributed by atoms with Gasteiger partial charge in [-0.1, -0.05) is 50.3 Å². The van der Waals surface area contributed by atoms with Crippen molar-refractivity contribution < 1.29 is 9.59 Å². The first-order valence-electron chi connectivity index (χ1n) is 5.83. The van der Waals surface area contributed by atoms with E-state index in [0.29, 0.717) is 17.6 Å². The summed E-state index contributed by atoms with van der Waals surface area (Å²) in [5, 5.41) is 0. The lowest BCUT2D eigenvalue weighted by Crippen LogP contribution is -2.26. The van der Waals surface area contributed by atoms with Crippen LogP contribution in [0.15, 0.2) is 42.0 Å². The van der Waals surface area contributed by atoms with Gasteiger partial charge in [-0.2, -0.15) is 0 Å². The van der Waals surface area contributed by atoms with Gasteiger partial charge in [-0.05, 0) is 11.8 Å². The van der Waals surface area contributed by atoms with Crippen LogP contribution in [0, 0.1) is 5.41 Å². The molecule has 0 atom stereocenters.